The van der Waals surface area contributed by atoms with Gasteiger partial charge in [0.1, 0.15) is 0 Å². The van der Waals surface area contributed by atoms with E-state index in [1.54, 1.807) is 11.2 Å². The van der Waals surface area contributed by atoms with Crippen molar-refractivity contribution < 1.29 is 8.42 Å². The van der Waals surface area contributed by atoms with Gasteiger partial charge >= 0.3 is 0 Å². The van der Waals surface area contributed by atoms with E-state index in [9.17, 15) is 8.42 Å². The molecule has 3 atom stereocenters. The Kier molecular flexibility index (Phi) is 3.77. The van der Waals surface area contributed by atoms with E-state index in [0.717, 1.165) is 19.5 Å². The van der Waals surface area contributed by atoms with Crippen LogP contribution in [-0.4, -0.2) is 61.1 Å². The number of hydrogen-bond acceptors (Lipinski definition) is 4. The van der Waals surface area contributed by atoms with Crippen LogP contribution in [0.25, 0.3) is 0 Å². The third-order valence-electron chi connectivity index (χ3n) is 4.05. The van der Waals surface area contributed by atoms with Crippen molar-refractivity contribution in [3.8, 4) is 0 Å². The number of fused-ring (bicyclic) bond motifs is 1. The van der Waals surface area contributed by atoms with Crippen molar-refractivity contribution in [1.29, 1.82) is 0 Å². The van der Waals surface area contributed by atoms with Crippen LogP contribution in [0.15, 0.2) is 0 Å². The van der Waals surface area contributed by atoms with Crippen LogP contribution in [0.4, 0.5) is 0 Å². The highest BCUT2D eigenvalue weighted by atomic mass is 32.2. The summed E-state index contributed by atoms with van der Waals surface area (Å²) in [7, 11) is -3.22. The second-order valence-corrected chi connectivity index (χ2v) is 7.60. The Labute approximate surface area is 104 Å². The van der Waals surface area contributed by atoms with Gasteiger partial charge in [0.05, 0.1) is 5.25 Å². The fraction of sp³-hybridized carbons (Fsp3) is 1.00. The minimum Gasteiger partial charge on any atom is -0.329 e. The SMILES string of the molecule is CC1CN2CCCC2CN1S(=O)(=O)C(C)CN. The van der Waals surface area contributed by atoms with Gasteiger partial charge in [0.25, 0.3) is 0 Å². The Morgan fingerprint density at radius 1 is 1.41 bits per heavy atom. The molecule has 100 valence electrons. The van der Waals surface area contributed by atoms with Crippen molar-refractivity contribution in [3.05, 3.63) is 0 Å². The Hall–Kier alpha value is -0.170. The van der Waals surface area contributed by atoms with Gasteiger partial charge in [0.15, 0.2) is 0 Å². The van der Waals surface area contributed by atoms with Crippen molar-refractivity contribution in [2.24, 2.45) is 5.73 Å². The molecule has 6 heteroatoms. The summed E-state index contributed by atoms with van der Waals surface area (Å²) in [5.74, 6) is 0. The lowest BCUT2D eigenvalue weighted by Gasteiger charge is -2.42. The maximum Gasteiger partial charge on any atom is 0.218 e. The molecule has 0 saturated carbocycles. The van der Waals surface area contributed by atoms with Crippen LogP contribution < -0.4 is 5.73 Å². The van der Waals surface area contributed by atoms with Crippen LogP contribution >= 0.6 is 0 Å². The molecule has 2 aliphatic heterocycles. The molecule has 0 spiro atoms. The number of sulfonamides is 1. The third kappa shape index (κ3) is 2.36. The van der Waals surface area contributed by atoms with Crippen LogP contribution in [0.1, 0.15) is 26.7 Å². The van der Waals surface area contributed by atoms with E-state index in [0.29, 0.717) is 12.6 Å². The standard InChI is InChI=1S/C11H23N3O2S/c1-9-7-13-5-3-4-11(13)8-14(9)17(15,16)10(2)6-12/h9-11H,3-8,12H2,1-2H3. The number of nitrogens with two attached hydrogens (primary N) is 1. The van der Waals surface area contributed by atoms with Crippen LogP contribution in [0.3, 0.4) is 0 Å². The summed E-state index contributed by atoms with van der Waals surface area (Å²) in [5.41, 5.74) is 5.50. The molecule has 3 unspecified atom stereocenters. The maximum absolute atomic E-state index is 12.3. The zero-order chi connectivity index (χ0) is 12.6. The summed E-state index contributed by atoms with van der Waals surface area (Å²) in [6.45, 7) is 6.52. The predicted molar refractivity (Wildman–Crippen MR) is 68.2 cm³/mol. The summed E-state index contributed by atoms with van der Waals surface area (Å²) in [5, 5.41) is -0.474. The monoisotopic (exact) mass is 261 g/mol. The Bertz CT molecular complexity index is 371. The topological polar surface area (TPSA) is 66.6 Å². The van der Waals surface area contributed by atoms with Gasteiger partial charge in [-0.1, -0.05) is 0 Å². The van der Waals surface area contributed by atoms with E-state index in [-0.39, 0.29) is 12.6 Å². The molecule has 0 aliphatic carbocycles. The Morgan fingerprint density at radius 2 is 2.12 bits per heavy atom. The molecule has 0 radical (unpaired) electrons. The Balaban J connectivity index is 2.15. The van der Waals surface area contributed by atoms with Crippen molar-refractivity contribution >= 4 is 10.0 Å². The van der Waals surface area contributed by atoms with Crippen LogP contribution in [0, 0.1) is 0 Å². The molecule has 0 aromatic carbocycles. The average Bonchev–Trinajstić information content (AvgIpc) is 2.73. The molecule has 0 amide bonds. The van der Waals surface area contributed by atoms with E-state index in [1.165, 1.54) is 6.42 Å². The van der Waals surface area contributed by atoms with E-state index >= 15 is 0 Å². The smallest absolute Gasteiger partial charge is 0.218 e. The van der Waals surface area contributed by atoms with Gasteiger partial charge < -0.3 is 5.73 Å². The molecule has 2 saturated heterocycles. The van der Waals surface area contributed by atoms with Crippen LogP contribution in [0.5, 0.6) is 0 Å². The molecule has 0 bridgehead atoms. The van der Waals surface area contributed by atoms with Crippen molar-refractivity contribution in [2.75, 3.05) is 26.2 Å². The van der Waals surface area contributed by atoms with Crippen molar-refractivity contribution in [1.82, 2.24) is 9.21 Å². The minimum absolute atomic E-state index is 0.0725. The quantitative estimate of drug-likeness (QED) is 0.766. The zero-order valence-corrected chi connectivity index (χ0v) is 11.5. The lowest BCUT2D eigenvalue weighted by Crippen LogP contribution is -2.58. The largest absolute Gasteiger partial charge is 0.329 e. The second-order valence-electron chi connectivity index (χ2n) is 5.30. The van der Waals surface area contributed by atoms with E-state index in [1.807, 2.05) is 6.92 Å². The summed E-state index contributed by atoms with van der Waals surface area (Å²) in [4.78, 5) is 2.42. The van der Waals surface area contributed by atoms with Crippen molar-refractivity contribution in [2.45, 2.75) is 44.0 Å². The molecule has 2 aliphatic rings. The Morgan fingerprint density at radius 3 is 2.76 bits per heavy atom. The van der Waals surface area contributed by atoms with Crippen LogP contribution in [-0.2, 0) is 10.0 Å². The molecule has 2 rings (SSSR count). The molecule has 2 fully saturated rings. The highest BCUT2D eigenvalue weighted by molar-refractivity contribution is 7.89. The minimum atomic E-state index is -3.22. The molecule has 2 N–H and O–H groups in total. The fourth-order valence-corrected chi connectivity index (χ4v) is 4.52. The van der Waals surface area contributed by atoms with Gasteiger partial charge in [-0.15, -0.1) is 0 Å². The molecule has 17 heavy (non-hydrogen) atoms. The summed E-state index contributed by atoms with van der Waals surface area (Å²) >= 11 is 0. The first-order valence-corrected chi connectivity index (χ1v) is 7.92. The number of nitrogens with zero attached hydrogens (tertiary/aromatic N) is 2. The lowest BCUT2D eigenvalue weighted by atomic mass is 10.1. The van der Waals surface area contributed by atoms with E-state index in [2.05, 4.69) is 4.90 Å². The van der Waals surface area contributed by atoms with E-state index < -0.39 is 15.3 Å². The van der Waals surface area contributed by atoms with Gasteiger partial charge in [-0.05, 0) is 33.2 Å². The summed E-state index contributed by atoms with van der Waals surface area (Å²) in [6.07, 6.45) is 2.31. The molecule has 5 nitrogen and oxygen atoms in total. The average molecular weight is 261 g/mol. The lowest BCUT2D eigenvalue weighted by molar-refractivity contribution is 0.116. The highest BCUT2D eigenvalue weighted by Gasteiger charge is 2.41. The molecule has 2 heterocycles. The summed E-state index contributed by atoms with van der Waals surface area (Å²) < 4.78 is 26.4. The molecular formula is C11H23N3O2S. The second kappa shape index (κ2) is 4.84. The molecular weight excluding hydrogens is 238 g/mol. The predicted octanol–water partition coefficient (Wildman–Crippen LogP) is -0.168. The van der Waals surface area contributed by atoms with Gasteiger partial charge in [0.2, 0.25) is 10.0 Å². The van der Waals surface area contributed by atoms with E-state index in [4.69, 9.17) is 5.73 Å². The number of hydrogen-bond donors (Lipinski definition) is 1. The number of piperazine rings is 1. The van der Waals surface area contributed by atoms with Gasteiger partial charge in [0, 0.05) is 31.7 Å². The number of rotatable bonds is 3. The molecule has 0 aromatic heterocycles. The van der Waals surface area contributed by atoms with Crippen molar-refractivity contribution in [3.63, 3.8) is 0 Å². The highest BCUT2D eigenvalue weighted by Crippen LogP contribution is 2.27. The fourth-order valence-electron chi connectivity index (χ4n) is 2.87. The maximum atomic E-state index is 12.3. The van der Waals surface area contributed by atoms with Gasteiger partial charge in [-0.3, -0.25) is 4.90 Å². The summed E-state index contributed by atoms with van der Waals surface area (Å²) in [6, 6.07) is 0.495. The zero-order valence-electron chi connectivity index (χ0n) is 10.7. The first kappa shape index (κ1) is 13.3. The normalized spacial score (nSPS) is 33.6. The first-order chi connectivity index (χ1) is 7.96. The van der Waals surface area contributed by atoms with Gasteiger partial charge in [-0.2, -0.15) is 4.31 Å². The van der Waals surface area contributed by atoms with Crippen LogP contribution in [0.2, 0.25) is 0 Å². The first-order valence-electron chi connectivity index (χ1n) is 6.41. The molecule has 0 aromatic rings. The van der Waals surface area contributed by atoms with Gasteiger partial charge in [-0.25, -0.2) is 8.42 Å². The third-order valence-corrected chi connectivity index (χ3v) is 6.42.